The molecule has 4 N–H and O–H groups in total. The quantitative estimate of drug-likeness (QED) is 0.266. The summed E-state index contributed by atoms with van der Waals surface area (Å²) in [6, 6.07) is 20.6. The lowest BCUT2D eigenvalue weighted by Crippen LogP contribution is -2.27. The number of hydrogen-bond donors (Lipinski definition) is 3. The summed E-state index contributed by atoms with van der Waals surface area (Å²) in [7, 11) is 0. The minimum atomic E-state index is -0.535. The summed E-state index contributed by atoms with van der Waals surface area (Å²) in [5.41, 5.74) is 13.5. The molecule has 0 spiro atoms. The zero-order valence-corrected chi connectivity index (χ0v) is 22.3. The Hall–Kier alpha value is -4.82. The van der Waals surface area contributed by atoms with Gasteiger partial charge in [0.2, 0.25) is 0 Å². The van der Waals surface area contributed by atoms with Gasteiger partial charge >= 0.3 is 6.03 Å². The van der Waals surface area contributed by atoms with Gasteiger partial charge in [0.25, 0.3) is 11.8 Å². The summed E-state index contributed by atoms with van der Waals surface area (Å²) in [4.78, 5) is 44.9. The number of nitrogens with zero attached hydrogens (tertiary/aromatic N) is 2. The molecule has 4 amide bonds. The third kappa shape index (κ3) is 3.56. The minimum Gasteiger partial charge on any atom is -0.366 e. The van der Waals surface area contributed by atoms with Crippen LogP contribution in [0.5, 0.6) is 0 Å². The second kappa shape index (κ2) is 8.86. The van der Waals surface area contributed by atoms with Gasteiger partial charge in [-0.3, -0.25) is 14.5 Å². The van der Waals surface area contributed by atoms with E-state index >= 15 is 0 Å². The fourth-order valence-corrected chi connectivity index (χ4v) is 6.20. The molecule has 198 valence electrons. The number of carbonyl (C=O) groups excluding carboxylic acids is 3. The second-order valence-electron chi connectivity index (χ2n) is 10.2. The third-order valence-electron chi connectivity index (χ3n) is 7.93. The molecule has 5 aromatic rings. The lowest BCUT2D eigenvalue weighted by molar-refractivity contribution is 0.0990. The standard InChI is InChI=1S/C31H24ClN5O3/c1-16-20(3-2-4-26(16)37-15-17-13-18(32)5-7-21(17)30(37)39)22-9-10-24(29(33)38)28-27(22)23-8-6-19(14-25(23)35-28)36-12-11-34-31(36)40/h2-10,13-14,35H,11-12,15H2,1H3,(H2,33,38)(H,34,40). The van der Waals surface area contributed by atoms with Gasteiger partial charge in [-0.2, -0.15) is 0 Å². The van der Waals surface area contributed by atoms with Crippen molar-refractivity contribution in [1.29, 1.82) is 0 Å². The number of fused-ring (bicyclic) bond motifs is 4. The predicted molar refractivity (Wildman–Crippen MR) is 157 cm³/mol. The number of carbonyl (C=O) groups is 3. The number of H-pyrrole nitrogens is 1. The second-order valence-corrected chi connectivity index (χ2v) is 10.6. The number of aromatic amines is 1. The number of nitrogens with two attached hydrogens (primary N) is 1. The molecule has 2 aliphatic rings. The van der Waals surface area contributed by atoms with Gasteiger partial charge in [-0.1, -0.05) is 35.9 Å². The van der Waals surface area contributed by atoms with Crippen LogP contribution in [0.2, 0.25) is 5.02 Å². The van der Waals surface area contributed by atoms with Crippen molar-refractivity contribution in [1.82, 2.24) is 10.3 Å². The topological polar surface area (TPSA) is 112 Å². The van der Waals surface area contributed by atoms with E-state index in [9.17, 15) is 14.4 Å². The Morgan fingerprint density at radius 2 is 1.77 bits per heavy atom. The van der Waals surface area contributed by atoms with Crippen molar-refractivity contribution in [3.05, 3.63) is 94.0 Å². The summed E-state index contributed by atoms with van der Waals surface area (Å²) in [6.07, 6.45) is 0. The molecule has 1 saturated heterocycles. The van der Waals surface area contributed by atoms with Crippen LogP contribution < -0.4 is 20.9 Å². The summed E-state index contributed by atoms with van der Waals surface area (Å²) in [6.45, 7) is 3.61. The van der Waals surface area contributed by atoms with E-state index in [1.165, 1.54) is 0 Å². The zero-order valence-electron chi connectivity index (χ0n) is 21.5. The Labute approximate surface area is 234 Å². The van der Waals surface area contributed by atoms with Gasteiger partial charge < -0.3 is 20.9 Å². The Kier molecular flexibility index (Phi) is 5.37. The molecular weight excluding hydrogens is 526 g/mol. The number of nitrogens with one attached hydrogen (secondary N) is 2. The van der Waals surface area contributed by atoms with Gasteiger partial charge in [0, 0.05) is 51.3 Å². The highest BCUT2D eigenvalue weighted by Gasteiger charge is 2.30. The molecule has 0 aliphatic carbocycles. The summed E-state index contributed by atoms with van der Waals surface area (Å²) >= 11 is 6.19. The number of aromatic nitrogens is 1. The number of rotatable bonds is 4. The van der Waals surface area contributed by atoms with Crippen molar-refractivity contribution in [3.63, 3.8) is 0 Å². The van der Waals surface area contributed by atoms with Crippen molar-refractivity contribution >= 4 is 62.6 Å². The molecule has 0 unspecified atom stereocenters. The molecule has 0 atom stereocenters. The molecular formula is C31H24ClN5O3. The first kappa shape index (κ1) is 24.2. The Morgan fingerprint density at radius 1 is 0.950 bits per heavy atom. The van der Waals surface area contributed by atoms with Crippen LogP contribution >= 0.6 is 11.6 Å². The van der Waals surface area contributed by atoms with Crippen molar-refractivity contribution in [3.8, 4) is 11.1 Å². The maximum absolute atomic E-state index is 13.3. The van der Waals surface area contributed by atoms with Crippen LogP contribution in [0, 0.1) is 6.92 Å². The highest BCUT2D eigenvalue weighted by Crippen LogP contribution is 2.41. The predicted octanol–water partition coefficient (Wildman–Crippen LogP) is 5.74. The number of halogens is 1. The number of urea groups is 1. The number of primary amides is 1. The first-order chi connectivity index (χ1) is 19.3. The maximum Gasteiger partial charge on any atom is 0.321 e. The van der Waals surface area contributed by atoms with E-state index in [2.05, 4.69) is 10.3 Å². The van der Waals surface area contributed by atoms with E-state index in [0.29, 0.717) is 41.3 Å². The third-order valence-corrected chi connectivity index (χ3v) is 8.16. The number of amides is 4. The van der Waals surface area contributed by atoms with Crippen LogP contribution in [0.25, 0.3) is 32.9 Å². The Bertz CT molecular complexity index is 1930. The van der Waals surface area contributed by atoms with Crippen molar-refractivity contribution < 1.29 is 14.4 Å². The molecule has 4 aromatic carbocycles. The largest absolute Gasteiger partial charge is 0.366 e. The molecule has 8 nitrogen and oxygen atoms in total. The van der Waals surface area contributed by atoms with Crippen molar-refractivity contribution in [2.75, 3.05) is 22.9 Å². The highest BCUT2D eigenvalue weighted by molar-refractivity contribution is 6.31. The van der Waals surface area contributed by atoms with Gasteiger partial charge in [0.1, 0.15) is 0 Å². The molecule has 0 radical (unpaired) electrons. The molecule has 3 heterocycles. The number of benzene rings is 4. The first-order valence-corrected chi connectivity index (χ1v) is 13.3. The highest BCUT2D eigenvalue weighted by atomic mass is 35.5. The van der Waals surface area contributed by atoms with E-state index in [1.54, 1.807) is 28.0 Å². The van der Waals surface area contributed by atoms with Gasteiger partial charge in [0.05, 0.1) is 17.6 Å². The monoisotopic (exact) mass is 549 g/mol. The van der Waals surface area contributed by atoms with Gasteiger partial charge in [-0.05, 0) is 71.6 Å². The summed E-state index contributed by atoms with van der Waals surface area (Å²) < 4.78 is 0. The minimum absolute atomic E-state index is 0.0632. The lowest BCUT2D eigenvalue weighted by Gasteiger charge is -2.21. The van der Waals surface area contributed by atoms with E-state index in [1.807, 2.05) is 55.5 Å². The SMILES string of the molecule is Cc1c(-c2ccc(C(N)=O)c3[nH]c4cc(N5CCNC5=O)ccc4c23)cccc1N1Cc2cc(Cl)ccc2C1=O. The first-order valence-electron chi connectivity index (χ1n) is 13.0. The Balaban J connectivity index is 1.40. The number of hydrogen-bond acceptors (Lipinski definition) is 3. The molecule has 2 aliphatic heterocycles. The van der Waals surface area contributed by atoms with E-state index in [0.717, 1.165) is 49.9 Å². The van der Waals surface area contributed by atoms with E-state index in [4.69, 9.17) is 17.3 Å². The van der Waals surface area contributed by atoms with Gasteiger partial charge in [-0.25, -0.2) is 4.79 Å². The van der Waals surface area contributed by atoms with Crippen LogP contribution in [0.1, 0.15) is 31.8 Å². The molecule has 40 heavy (non-hydrogen) atoms. The molecule has 0 saturated carbocycles. The summed E-state index contributed by atoms with van der Waals surface area (Å²) in [5.74, 6) is -0.599. The van der Waals surface area contributed by atoms with E-state index in [-0.39, 0.29) is 11.9 Å². The van der Waals surface area contributed by atoms with Crippen LogP contribution in [0.4, 0.5) is 16.2 Å². The average molecular weight is 550 g/mol. The fraction of sp³-hybridized carbons (Fsp3) is 0.129. The van der Waals surface area contributed by atoms with Crippen LogP contribution in [0.15, 0.2) is 66.7 Å². The van der Waals surface area contributed by atoms with Crippen molar-refractivity contribution in [2.24, 2.45) is 5.73 Å². The molecule has 9 heteroatoms. The number of anilines is 2. The molecule has 1 fully saturated rings. The fourth-order valence-electron chi connectivity index (χ4n) is 6.01. The lowest BCUT2D eigenvalue weighted by atomic mass is 9.93. The summed E-state index contributed by atoms with van der Waals surface area (Å²) in [5, 5.41) is 5.18. The molecule has 1 aromatic heterocycles. The van der Waals surface area contributed by atoms with Gasteiger partial charge in [0.15, 0.2) is 0 Å². The van der Waals surface area contributed by atoms with Crippen LogP contribution in [-0.2, 0) is 6.54 Å². The normalized spacial score (nSPS) is 14.8. The van der Waals surface area contributed by atoms with Crippen LogP contribution in [0.3, 0.4) is 0 Å². The van der Waals surface area contributed by atoms with Crippen LogP contribution in [-0.4, -0.2) is 35.9 Å². The zero-order chi connectivity index (χ0) is 27.7. The molecule has 0 bridgehead atoms. The average Bonchev–Trinajstić information content (AvgIpc) is 3.62. The molecule has 7 rings (SSSR count). The maximum atomic E-state index is 13.3. The smallest absolute Gasteiger partial charge is 0.321 e. The van der Waals surface area contributed by atoms with Gasteiger partial charge in [-0.15, -0.1) is 0 Å². The Morgan fingerprint density at radius 3 is 2.55 bits per heavy atom. The van der Waals surface area contributed by atoms with E-state index < -0.39 is 5.91 Å². The van der Waals surface area contributed by atoms with Crippen molar-refractivity contribution in [2.45, 2.75) is 13.5 Å².